The largest absolute Gasteiger partial charge is 0.443 e. The number of carbonyl (C=O) groups is 2. The molecule has 1 aromatic rings. The van der Waals surface area contributed by atoms with Gasteiger partial charge >= 0.3 is 6.09 Å². The smallest absolute Gasteiger partial charge is 0.404 e. The quantitative estimate of drug-likeness (QED) is 0.892. The first kappa shape index (κ1) is 18.1. The van der Waals surface area contributed by atoms with E-state index >= 15 is 0 Å². The molecule has 0 radical (unpaired) electrons. The Labute approximate surface area is 139 Å². The fourth-order valence-electron chi connectivity index (χ4n) is 2.85. The fraction of sp³-hybridized carbons (Fsp3) is 0.562. The molecular formula is C16H21F2N3O3. The van der Waals surface area contributed by atoms with Crippen molar-refractivity contribution in [1.29, 1.82) is 0 Å². The summed E-state index contributed by atoms with van der Waals surface area (Å²) in [7, 11) is 0. The minimum Gasteiger partial charge on any atom is -0.443 e. The highest BCUT2D eigenvalue weighted by molar-refractivity contribution is 5.73. The highest BCUT2D eigenvalue weighted by Gasteiger charge is 2.37. The monoisotopic (exact) mass is 341 g/mol. The number of nitrogens with two attached hydrogens (primary N) is 1. The number of hydrogen-bond donors (Lipinski definition) is 1. The lowest BCUT2D eigenvalue weighted by molar-refractivity contribution is -0.135. The van der Waals surface area contributed by atoms with Crippen LogP contribution in [-0.4, -0.2) is 33.8 Å². The summed E-state index contributed by atoms with van der Waals surface area (Å²) in [5, 5.41) is 0. The molecule has 1 aliphatic rings. The van der Waals surface area contributed by atoms with Crippen LogP contribution in [0.2, 0.25) is 0 Å². The molecule has 0 aliphatic heterocycles. The number of pyridine rings is 1. The van der Waals surface area contributed by atoms with Crippen molar-refractivity contribution in [2.45, 2.75) is 57.7 Å². The van der Waals surface area contributed by atoms with Crippen molar-refractivity contribution in [3.63, 3.8) is 0 Å². The predicted octanol–water partition coefficient (Wildman–Crippen LogP) is 2.60. The molecule has 8 heteroatoms. The topological polar surface area (TPSA) is 85.5 Å². The molecule has 0 spiro atoms. The third kappa shape index (κ3) is 5.14. The van der Waals surface area contributed by atoms with E-state index in [-0.39, 0.29) is 50.8 Å². The van der Waals surface area contributed by atoms with E-state index in [1.807, 2.05) is 0 Å². The zero-order valence-corrected chi connectivity index (χ0v) is 13.5. The third-order valence-corrected chi connectivity index (χ3v) is 4.09. The Bertz CT molecular complexity index is 600. The molecule has 6 nitrogen and oxygen atoms in total. The molecule has 2 rings (SSSR count). The fourth-order valence-corrected chi connectivity index (χ4v) is 2.85. The van der Waals surface area contributed by atoms with Crippen LogP contribution in [0.1, 0.15) is 44.0 Å². The van der Waals surface area contributed by atoms with E-state index in [4.69, 9.17) is 5.73 Å². The van der Waals surface area contributed by atoms with E-state index in [0.29, 0.717) is 11.4 Å². The Balaban J connectivity index is 2.04. The van der Waals surface area contributed by atoms with Crippen LogP contribution in [0.15, 0.2) is 18.2 Å². The second-order valence-electron chi connectivity index (χ2n) is 5.96. The molecule has 0 atom stereocenters. The number of halogens is 2. The molecule has 2 amide bonds. The number of rotatable bonds is 5. The SMILES string of the molecule is CC(=O)N(Cc1cccc(COC(N)=O)n1)C1CCC(F)(F)CC1. The normalized spacial score (nSPS) is 17.3. The predicted molar refractivity (Wildman–Crippen MR) is 82.0 cm³/mol. The summed E-state index contributed by atoms with van der Waals surface area (Å²) >= 11 is 0. The maximum Gasteiger partial charge on any atom is 0.404 e. The summed E-state index contributed by atoms with van der Waals surface area (Å²) < 4.78 is 31.3. The summed E-state index contributed by atoms with van der Waals surface area (Å²) in [5.41, 5.74) is 6.02. The molecule has 1 aliphatic carbocycles. The van der Waals surface area contributed by atoms with E-state index in [0.717, 1.165) is 0 Å². The van der Waals surface area contributed by atoms with Crippen molar-refractivity contribution in [1.82, 2.24) is 9.88 Å². The first-order valence-electron chi connectivity index (χ1n) is 7.79. The van der Waals surface area contributed by atoms with Crippen LogP contribution in [0.3, 0.4) is 0 Å². The third-order valence-electron chi connectivity index (χ3n) is 4.09. The minimum atomic E-state index is -2.64. The average molecular weight is 341 g/mol. The van der Waals surface area contributed by atoms with Gasteiger partial charge in [0.2, 0.25) is 11.8 Å². The van der Waals surface area contributed by atoms with Crippen molar-refractivity contribution < 1.29 is 23.1 Å². The molecule has 0 bridgehead atoms. The van der Waals surface area contributed by atoms with E-state index in [9.17, 15) is 18.4 Å². The van der Waals surface area contributed by atoms with E-state index in [1.165, 1.54) is 6.92 Å². The second kappa shape index (κ2) is 7.55. The zero-order valence-electron chi connectivity index (χ0n) is 13.5. The first-order valence-corrected chi connectivity index (χ1v) is 7.79. The van der Waals surface area contributed by atoms with Crippen LogP contribution in [-0.2, 0) is 22.7 Å². The Morgan fingerprint density at radius 1 is 1.33 bits per heavy atom. The first-order chi connectivity index (χ1) is 11.3. The van der Waals surface area contributed by atoms with Gasteiger partial charge in [-0.1, -0.05) is 6.07 Å². The van der Waals surface area contributed by atoms with E-state index < -0.39 is 12.0 Å². The molecule has 24 heavy (non-hydrogen) atoms. The second-order valence-corrected chi connectivity index (χ2v) is 5.96. The number of alkyl halides is 2. The van der Waals surface area contributed by atoms with Gasteiger partial charge in [0, 0.05) is 25.8 Å². The van der Waals surface area contributed by atoms with Crippen molar-refractivity contribution in [3.05, 3.63) is 29.6 Å². The van der Waals surface area contributed by atoms with E-state index in [2.05, 4.69) is 9.72 Å². The van der Waals surface area contributed by atoms with Crippen LogP contribution in [0.25, 0.3) is 0 Å². The van der Waals surface area contributed by atoms with Gasteiger partial charge in [-0.15, -0.1) is 0 Å². The van der Waals surface area contributed by atoms with Crippen LogP contribution in [0, 0.1) is 0 Å². The van der Waals surface area contributed by atoms with Gasteiger partial charge in [0.15, 0.2) is 0 Å². The Hall–Kier alpha value is -2.25. The molecule has 2 N–H and O–H groups in total. The van der Waals surface area contributed by atoms with Crippen LogP contribution in [0.5, 0.6) is 0 Å². The number of ether oxygens (including phenoxy) is 1. The lowest BCUT2D eigenvalue weighted by Gasteiger charge is -2.36. The van der Waals surface area contributed by atoms with Gasteiger partial charge in [0.05, 0.1) is 17.9 Å². The summed E-state index contributed by atoms with van der Waals surface area (Å²) in [6.45, 7) is 1.60. The summed E-state index contributed by atoms with van der Waals surface area (Å²) in [5.74, 6) is -2.81. The van der Waals surface area contributed by atoms with Gasteiger partial charge in [-0.2, -0.15) is 0 Å². The molecule has 1 saturated carbocycles. The van der Waals surface area contributed by atoms with Crippen LogP contribution in [0.4, 0.5) is 13.6 Å². The van der Waals surface area contributed by atoms with Gasteiger partial charge in [-0.05, 0) is 25.0 Å². The Morgan fingerprint density at radius 3 is 2.54 bits per heavy atom. The maximum absolute atomic E-state index is 13.3. The van der Waals surface area contributed by atoms with Gasteiger partial charge in [-0.25, -0.2) is 13.6 Å². The number of amides is 2. The molecule has 1 aromatic heterocycles. The van der Waals surface area contributed by atoms with Crippen molar-refractivity contribution in [3.8, 4) is 0 Å². The van der Waals surface area contributed by atoms with E-state index in [1.54, 1.807) is 23.1 Å². The lowest BCUT2D eigenvalue weighted by atomic mass is 9.91. The number of nitrogens with zero attached hydrogens (tertiary/aromatic N) is 2. The van der Waals surface area contributed by atoms with Gasteiger partial charge in [0.25, 0.3) is 0 Å². The highest BCUT2D eigenvalue weighted by atomic mass is 19.3. The Kier molecular flexibility index (Phi) is 5.69. The minimum absolute atomic E-state index is 0.0567. The van der Waals surface area contributed by atoms with Gasteiger partial charge < -0.3 is 15.4 Å². The molecule has 132 valence electrons. The zero-order chi connectivity index (χ0) is 17.7. The number of primary amides is 1. The number of carbonyl (C=O) groups excluding carboxylic acids is 2. The molecular weight excluding hydrogens is 320 g/mol. The summed E-state index contributed by atoms with van der Waals surface area (Å²) in [6.07, 6.45) is -0.757. The number of hydrogen-bond acceptors (Lipinski definition) is 4. The van der Waals surface area contributed by atoms with Gasteiger partial charge in [-0.3, -0.25) is 9.78 Å². The summed E-state index contributed by atoms with van der Waals surface area (Å²) in [6, 6.07) is 4.93. The van der Waals surface area contributed by atoms with Crippen LogP contribution >= 0.6 is 0 Å². The maximum atomic E-state index is 13.3. The molecule has 0 saturated heterocycles. The Morgan fingerprint density at radius 2 is 1.96 bits per heavy atom. The van der Waals surface area contributed by atoms with Crippen molar-refractivity contribution in [2.24, 2.45) is 5.73 Å². The molecule has 1 heterocycles. The van der Waals surface area contributed by atoms with Crippen LogP contribution < -0.4 is 5.73 Å². The van der Waals surface area contributed by atoms with Gasteiger partial charge in [0.1, 0.15) is 6.61 Å². The molecule has 0 unspecified atom stereocenters. The standard InChI is InChI=1S/C16H21F2N3O3/c1-11(22)21(14-5-7-16(17,18)8-6-14)9-12-3-2-4-13(20-12)10-24-15(19)23/h2-4,14H,5-10H2,1H3,(H2,19,23). The average Bonchev–Trinajstić information content (AvgIpc) is 2.51. The molecule has 0 aromatic carbocycles. The van der Waals surface area contributed by atoms with Crippen molar-refractivity contribution >= 4 is 12.0 Å². The number of aromatic nitrogens is 1. The summed E-state index contributed by atoms with van der Waals surface area (Å²) in [4.78, 5) is 28.5. The van der Waals surface area contributed by atoms with Crippen molar-refractivity contribution in [2.75, 3.05) is 0 Å². The highest BCUT2D eigenvalue weighted by Crippen LogP contribution is 2.35. The molecule has 1 fully saturated rings. The lowest BCUT2D eigenvalue weighted by Crippen LogP contribution is -2.43.